The molecule has 0 heterocycles. The van der Waals surface area contributed by atoms with Crippen LogP contribution in [-0.2, 0) is 0 Å². The van der Waals surface area contributed by atoms with Crippen LogP contribution >= 0.6 is 11.6 Å². The van der Waals surface area contributed by atoms with E-state index in [0.717, 1.165) is 6.42 Å². The van der Waals surface area contributed by atoms with Crippen LogP contribution in [0.25, 0.3) is 0 Å². The number of hydrogen-bond donors (Lipinski definition) is 0. The Balaban J connectivity index is 4.91. The Hall–Kier alpha value is -0.490. The van der Waals surface area contributed by atoms with Crippen molar-refractivity contribution in [1.29, 1.82) is 0 Å². The molecule has 0 aromatic heterocycles. The first-order valence-corrected chi connectivity index (χ1v) is 5.90. The molecule has 1 heteroatoms. The van der Waals surface area contributed by atoms with E-state index in [1.54, 1.807) is 0 Å². The Morgan fingerprint density at radius 1 is 1.33 bits per heavy atom. The average Bonchev–Trinajstić information content (AvgIpc) is 2.09. The van der Waals surface area contributed by atoms with E-state index in [9.17, 15) is 0 Å². The maximum Gasteiger partial charge on any atom is 0.0334 e. The Labute approximate surface area is 99.7 Å². The second-order valence-electron chi connectivity index (χ2n) is 5.04. The van der Waals surface area contributed by atoms with E-state index in [4.69, 9.17) is 11.6 Å². The molecule has 0 saturated carbocycles. The van der Waals surface area contributed by atoms with Gasteiger partial charge in [0.1, 0.15) is 0 Å². The first-order valence-electron chi connectivity index (χ1n) is 5.52. The lowest BCUT2D eigenvalue weighted by atomic mass is 9.84. The minimum absolute atomic E-state index is 0.159. The monoisotopic (exact) mass is 226 g/mol. The van der Waals surface area contributed by atoms with Crippen LogP contribution in [0, 0.1) is 11.3 Å². The molecule has 1 atom stereocenters. The number of allylic oxidation sites excluding steroid dienone is 5. The molecule has 0 amide bonds. The topological polar surface area (TPSA) is 0 Å². The molecule has 0 saturated heterocycles. The Morgan fingerprint density at radius 3 is 2.20 bits per heavy atom. The Kier molecular flexibility index (Phi) is 5.97. The molecule has 0 N–H and O–H groups in total. The van der Waals surface area contributed by atoms with Crippen LogP contribution in [0.3, 0.4) is 0 Å². The predicted octanol–water partition coefficient (Wildman–Crippen LogP) is 5.31. The molecule has 86 valence electrons. The molecule has 0 nitrogen and oxygen atoms in total. The third kappa shape index (κ3) is 6.57. The van der Waals surface area contributed by atoms with Crippen LogP contribution in [-0.4, -0.2) is 0 Å². The van der Waals surface area contributed by atoms with E-state index in [-0.39, 0.29) is 5.41 Å². The SMILES string of the molecule is C=C(Cl)/C=C\C(=C/C(C)CC)C(C)(C)C. The molecule has 0 aliphatic carbocycles. The van der Waals surface area contributed by atoms with Crippen molar-refractivity contribution >= 4 is 11.6 Å². The zero-order chi connectivity index (χ0) is 12.1. The summed E-state index contributed by atoms with van der Waals surface area (Å²) in [5, 5.41) is 0.578. The molecule has 0 bridgehead atoms. The van der Waals surface area contributed by atoms with Crippen molar-refractivity contribution in [3.8, 4) is 0 Å². The summed E-state index contributed by atoms with van der Waals surface area (Å²) in [6.45, 7) is 14.7. The van der Waals surface area contributed by atoms with Crippen molar-refractivity contribution in [1.82, 2.24) is 0 Å². The van der Waals surface area contributed by atoms with Gasteiger partial charge in [-0.2, -0.15) is 0 Å². The highest BCUT2D eigenvalue weighted by atomic mass is 35.5. The van der Waals surface area contributed by atoms with Gasteiger partial charge < -0.3 is 0 Å². The molecule has 1 unspecified atom stereocenters. The van der Waals surface area contributed by atoms with Gasteiger partial charge in [0, 0.05) is 5.03 Å². The highest BCUT2D eigenvalue weighted by Crippen LogP contribution is 2.28. The van der Waals surface area contributed by atoms with Gasteiger partial charge in [0.25, 0.3) is 0 Å². The third-order valence-electron chi connectivity index (χ3n) is 2.42. The van der Waals surface area contributed by atoms with Gasteiger partial charge in [0.2, 0.25) is 0 Å². The van der Waals surface area contributed by atoms with Gasteiger partial charge in [0.05, 0.1) is 0 Å². The molecule has 0 aliphatic rings. The van der Waals surface area contributed by atoms with Crippen molar-refractivity contribution in [2.45, 2.75) is 41.0 Å². The molecule has 0 aromatic carbocycles. The fourth-order valence-electron chi connectivity index (χ4n) is 1.16. The van der Waals surface area contributed by atoms with Crippen molar-refractivity contribution < 1.29 is 0 Å². The molecule has 0 fully saturated rings. The van der Waals surface area contributed by atoms with Gasteiger partial charge in [-0.3, -0.25) is 0 Å². The minimum atomic E-state index is 0.159. The maximum atomic E-state index is 5.73. The molecule has 0 spiro atoms. The number of halogens is 1. The van der Waals surface area contributed by atoms with Crippen molar-refractivity contribution in [2.24, 2.45) is 11.3 Å². The third-order valence-corrected chi connectivity index (χ3v) is 2.54. The fraction of sp³-hybridized carbons (Fsp3) is 0.571. The summed E-state index contributed by atoms with van der Waals surface area (Å²) in [4.78, 5) is 0. The molecule has 0 radical (unpaired) electrons. The predicted molar refractivity (Wildman–Crippen MR) is 71.1 cm³/mol. The number of hydrogen-bond acceptors (Lipinski definition) is 0. The summed E-state index contributed by atoms with van der Waals surface area (Å²) < 4.78 is 0. The highest BCUT2D eigenvalue weighted by Gasteiger charge is 2.15. The van der Waals surface area contributed by atoms with E-state index < -0.39 is 0 Å². The van der Waals surface area contributed by atoms with E-state index in [1.165, 1.54) is 5.57 Å². The fourth-order valence-corrected chi connectivity index (χ4v) is 1.22. The summed E-state index contributed by atoms with van der Waals surface area (Å²) in [6, 6.07) is 0. The molecule has 0 aromatic rings. The van der Waals surface area contributed by atoms with E-state index in [1.807, 2.05) is 6.08 Å². The summed E-state index contributed by atoms with van der Waals surface area (Å²) >= 11 is 5.73. The van der Waals surface area contributed by atoms with Gasteiger partial charge in [-0.1, -0.05) is 71.4 Å². The lowest BCUT2D eigenvalue weighted by Gasteiger charge is -2.22. The lowest BCUT2D eigenvalue weighted by Crippen LogP contribution is -2.09. The average molecular weight is 227 g/mol. The van der Waals surface area contributed by atoms with Crippen molar-refractivity contribution in [3.63, 3.8) is 0 Å². The van der Waals surface area contributed by atoms with Crippen LogP contribution in [0.4, 0.5) is 0 Å². The molecule has 0 rings (SSSR count). The van der Waals surface area contributed by atoms with Gasteiger partial charge >= 0.3 is 0 Å². The second-order valence-corrected chi connectivity index (χ2v) is 5.52. The first-order chi connectivity index (χ1) is 6.77. The van der Waals surface area contributed by atoms with Crippen LogP contribution in [0.1, 0.15) is 41.0 Å². The maximum absolute atomic E-state index is 5.73. The first kappa shape index (κ1) is 14.5. The van der Waals surface area contributed by atoms with Gasteiger partial charge in [-0.25, -0.2) is 0 Å². The van der Waals surface area contributed by atoms with E-state index in [2.05, 4.69) is 53.3 Å². The summed E-state index contributed by atoms with van der Waals surface area (Å²) in [7, 11) is 0. The zero-order valence-electron chi connectivity index (χ0n) is 10.6. The van der Waals surface area contributed by atoms with Crippen molar-refractivity contribution in [2.75, 3.05) is 0 Å². The van der Waals surface area contributed by atoms with Crippen LogP contribution in [0.5, 0.6) is 0 Å². The quantitative estimate of drug-likeness (QED) is 0.570. The zero-order valence-corrected chi connectivity index (χ0v) is 11.4. The molecule has 15 heavy (non-hydrogen) atoms. The van der Waals surface area contributed by atoms with E-state index >= 15 is 0 Å². The molecular formula is C14H23Cl. The van der Waals surface area contributed by atoms with Crippen LogP contribution in [0.2, 0.25) is 0 Å². The summed E-state index contributed by atoms with van der Waals surface area (Å²) in [6.07, 6.45) is 7.41. The highest BCUT2D eigenvalue weighted by molar-refractivity contribution is 6.30. The van der Waals surface area contributed by atoms with Crippen LogP contribution in [0.15, 0.2) is 35.4 Å². The molecule has 0 aliphatic heterocycles. The smallest absolute Gasteiger partial charge is 0.0334 e. The lowest BCUT2D eigenvalue weighted by molar-refractivity contribution is 0.507. The minimum Gasteiger partial charge on any atom is -0.0850 e. The number of rotatable bonds is 4. The summed E-state index contributed by atoms with van der Waals surface area (Å²) in [5.74, 6) is 0.604. The summed E-state index contributed by atoms with van der Waals surface area (Å²) in [5.41, 5.74) is 1.48. The van der Waals surface area contributed by atoms with Gasteiger partial charge in [-0.05, 0) is 23.0 Å². The Bertz CT molecular complexity index is 264. The van der Waals surface area contributed by atoms with E-state index in [0.29, 0.717) is 11.0 Å². The Morgan fingerprint density at radius 2 is 1.87 bits per heavy atom. The standard InChI is InChI=1S/C14H23Cl/c1-7-11(2)10-13(14(4,5)6)9-8-12(3)15/h8-11H,3,7H2,1-2,4-6H3/b9-8-,13-10+. The second kappa shape index (κ2) is 6.17. The largest absolute Gasteiger partial charge is 0.0850 e. The van der Waals surface area contributed by atoms with Gasteiger partial charge in [0.15, 0.2) is 0 Å². The normalized spacial score (nSPS) is 15.7. The molecular weight excluding hydrogens is 204 g/mol. The van der Waals surface area contributed by atoms with Crippen molar-refractivity contribution in [3.05, 3.63) is 35.4 Å². The van der Waals surface area contributed by atoms with Gasteiger partial charge in [-0.15, -0.1) is 0 Å². The van der Waals surface area contributed by atoms with Crippen LogP contribution < -0.4 is 0 Å².